The van der Waals surface area contributed by atoms with Crippen molar-refractivity contribution in [3.05, 3.63) is 30.1 Å². The zero-order valence-corrected chi connectivity index (χ0v) is 9.28. The first kappa shape index (κ1) is 16.7. The first-order valence-electron chi connectivity index (χ1n) is 4.60. The third-order valence-electron chi connectivity index (χ3n) is 1.45. The number of nitrogens with two attached hydrogens (primary N) is 1. The molecule has 0 aliphatic heterocycles. The molecular formula is C10H9F4NO4. The summed E-state index contributed by atoms with van der Waals surface area (Å²) in [6.45, 7) is -0.305. The fraction of sp³-hybridized carbons (Fsp3) is 0.200. The second kappa shape index (κ2) is 7.19. The van der Waals surface area contributed by atoms with Gasteiger partial charge in [-0.1, -0.05) is 12.1 Å². The summed E-state index contributed by atoms with van der Waals surface area (Å²) in [5.74, 6) is -3.85. The van der Waals surface area contributed by atoms with Crippen LogP contribution in [0.4, 0.5) is 17.6 Å². The molecule has 3 N–H and O–H groups in total. The summed E-state index contributed by atoms with van der Waals surface area (Å²) in [5, 5.41) is 7.12. The lowest BCUT2D eigenvalue weighted by Gasteiger charge is -2.03. The van der Waals surface area contributed by atoms with Gasteiger partial charge in [0.1, 0.15) is 0 Å². The maximum atomic E-state index is 12.8. The molecule has 0 atom stereocenters. The van der Waals surface area contributed by atoms with Crippen molar-refractivity contribution in [1.29, 1.82) is 0 Å². The number of carbonyl (C=O) groups is 2. The van der Waals surface area contributed by atoms with E-state index in [1.54, 1.807) is 6.07 Å². The summed E-state index contributed by atoms with van der Waals surface area (Å²) in [5.41, 5.74) is 4.80. The molecule has 0 fully saturated rings. The largest absolute Gasteiger partial charge is 0.490 e. The van der Waals surface area contributed by atoms with Crippen LogP contribution < -0.4 is 10.5 Å². The monoisotopic (exact) mass is 283 g/mol. The lowest BCUT2D eigenvalue weighted by atomic mass is 10.3. The Balaban J connectivity index is 0.000000399. The number of hydrogen-bond acceptors (Lipinski definition) is 3. The van der Waals surface area contributed by atoms with E-state index in [-0.39, 0.29) is 12.4 Å². The number of alkyl halides is 3. The quantitative estimate of drug-likeness (QED) is 0.819. The molecular weight excluding hydrogens is 274 g/mol. The van der Waals surface area contributed by atoms with Crippen LogP contribution in [-0.4, -0.2) is 29.8 Å². The smallest absolute Gasteiger partial charge is 0.481 e. The summed E-state index contributed by atoms with van der Waals surface area (Å²) < 4.78 is 49.2. The predicted molar refractivity (Wildman–Crippen MR) is 54.8 cm³/mol. The van der Waals surface area contributed by atoms with Crippen LogP contribution in [0.15, 0.2) is 24.3 Å². The fourth-order valence-electron chi connectivity index (χ4n) is 0.711. The molecule has 0 radical (unpaired) electrons. The number of carbonyl (C=O) groups excluding carboxylic acids is 1. The van der Waals surface area contributed by atoms with Crippen molar-refractivity contribution >= 4 is 11.9 Å². The highest BCUT2D eigenvalue weighted by atomic mass is 19.4. The lowest BCUT2D eigenvalue weighted by molar-refractivity contribution is -0.192. The standard InChI is InChI=1S/C8H8FNO2.C2HF3O2/c9-6-3-1-2-4-7(6)12-5-8(10)11;3-2(4,5)1(6)7/h1-4H,5H2,(H2,10,11);(H,6,7). The van der Waals surface area contributed by atoms with Gasteiger partial charge >= 0.3 is 12.1 Å². The Bertz CT molecular complexity index is 447. The van der Waals surface area contributed by atoms with Crippen LogP contribution in [-0.2, 0) is 9.59 Å². The van der Waals surface area contributed by atoms with E-state index >= 15 is 0 Å². The van der Waals surface area contributed by atoms with E-state index in [0.29, 0.717) is 0 Å². The normalized spacial score (nSPS) is 10.1. The van der Waals surface area contributed by atoms with E-state index in [1.807, 2.05) is 0 Å². The summed E-state index contributed by atoms with van der Waals surface area (Å²) in [6, 6.07) is 5.82. The highest BCUT2D eigenvalue weighted by molar-refractivity contribution is 5.75. The minimum Gasteiger partial charge on any atom is -0.481 e. The maximum absolute atomic E-state index is 12.8. The van der Waals surface area contributed by atoms with E-state index < -0.39 is 23.9 Å². The molecule has 0 heterocycles. The summed E-state index contributed by atoms with van der Waals surface area (Å²) in [4.78, 5) is 19.2. The number of primary amides is 1. The minimum atomic E-state index is -5.08. The van der Waals surface area contributed by atoms with Gasteiger partial charge in [0.05, 0.1) is 0 Å². The van der Waals surface area contributed by atoms with Gasteiger partial charge in [0, 0.05) is 0 Å². The molecule has 9 heteroatoms. The molecule has 1 rings (SSSR count). The molecule has 19 heavy (non-hydrogen) atoms. The van der Waals surface area contributed by atoms with Gasteiger partial charge in [-0.2, -0.15) is 13.2 Å². The van der Waals surface area contributed by atoms with Crippen LogP contribution >= 0.6 is 0 Å². The molecule has 1 aromatic rings. The van der Waals surface area contributed by atoms with Crippen molar-refractivity contribution in [2.75, 3.05) is 6.61 Å². The fourth-order valence-corrected chi connectivity index (χ4v) is 0.711. The molecule has 5 nitrogen and oxygen atoms in total. The van der Waals surface area contributed by atoms with Crippen LogP contribution in [0.25, 0.3) is 0 Å². The van der Waals surface area contributed by atoms with Crippen molar-refractivity contribution in [2.45, 2.75) is 6.18 Å². The molecule has 0 saturated heterocycles. The van der Waals surface area contributed by atoms with Crippen LogP contribution in [0.3, 0.4) is 0 Å². The maximum Gasteiger partial charge on any atom is 0.490 e. The molecule has 0 spiro atoms. The molecule has 0 aromatic heterocycles. The number of para-hydroxylation sites is 1. The number of ether oxygens (including phenoxy) is 1. The summed E-state index contributed by atoms with van der Waals surface area (Å²) in [6.07, 6.45) is -5.08. The number of aliphatic carboxylic acids is 1. The molecule has 0 aliphatic carbocycles. The second-order valence-electron chi connectivity index (χ2n) is 2.99. The van der Waals surface area contributed by atoms with E-state index in [2.05, 4.69) is 0 Å². The van der Waals surface area contributed by atoms with Crippen LogP contribution in [0.1, 0.15) is 0 Å². The van der Waals surface area contributed by atoms with Crippen LogP contribution in [0.5, 0.6) is 5.75 Å². The minimum absolute atomic E-state index is 0.0382. The van der Waals surface area contributed by atoms with Crippen LogP contribution in [0, 0.1) is 5.82 Å². The Labute approximate surface area is 104 Å². The van der Waals surface area contributed by atoms with Gasteiger partial charge in [-0.25, -0.2) is 9.18 Å². The number of benzene rings is 1. The number of carboxylic acid groups (broad SMARTS) is 1. The van der Waals surface area contributed by atoms with Crippen molar-refractivity contribution in [3.8, 4) is 5.75 Å². The van der Waals surface area contributed by atoms with Crippen molar-refractivity contribution in [2.24, 2.45) is 5.73 Å². The van der Waals surface area contributed by atoms with Crippen LogP contribution in [0.2, 0.25) is 0 Å². The Morgan fingerprint density at radius 1 is 1.26 bits per heavy atom. The lowest BCUT2D eigenvalue weighted by Crippen LogP contribution is -2.21. The Morgan fingerprint density at radius 3 is 2.11 bits per heavy atom. The number of rotatable bonds is 3. The third kappa shape index (κ3) is 7.58. The molecule has 1 aromatic carbocycles. The Morgan fingerprint density at radius 2 is 1.74 bits per heavy atom. The van der Waals surface area contributed by atoms with E-state index in [0.717, 1.165) is 0 Å². The number of amides is 1. The van der Waals surface area contributed by atoms with Gasteiger partial charge in [0.15, 0.2) is 18.2 Å². The Kier molecular flexibility index (Phi) is 6.31. The SMILES string of the molecule is NC(=O)COc1ccccc1F.O=C(O)C(F)(F)F. The van der Waals surface area contributed by atoms with E-state index in [9.17, 15) is 22.4 Å². The molecule has 106 valence electrons. The zero-order chi connectivity index (χ0) is 15.1. The van der Waals surface area contributed by atoms with Gasteiger partial charge in [-0.05, 0) is 12.1 Å². The first-order valence-corrected chi connectivity index (χ1v) is 4.60. The van der Waals surface area contributed by atoms with Gasteiger partial charge < -0.3 is 15.6 Å². The van der Waals surface area contributed by atoms with Crippen molar-refractivity contribution in [3.63, 3.8) is 0 Å². The third-order valence-corrected chi connectivity index (χ3v) is 1.45. The van der Waals surface area contributed by atoms with Crippen molar-refractivity contribution in [1.82, 2.24) is 0 Å². The zero-order valence-electron chi connectivity index (χ0n) is 9.28. The molecule has 0 bridgehead atoms. The van der Waals surface area contributed by atoms with Gasteiger partial charge in [-0.3, -0.25) is 4.79 Å². The summed E-state index contributed by atoms with van der Waals surface area (Å²) in [7, 11) is 0. The highest BCUT2D eigenvalue weighted by Crippen LogP contribution is 2.14. The molecule has 0 saturated carbocycles. The van der Waals surface area contributed by atoms with E-state index in [1.165, 1.54) is 18.2 Å². The summed E-state index contributed by atoms with van der Waals surface area (Å²) >= 11 is 0. The second-order valence-corrected chi connectivity index (χ2v) is 2.99. The molecule has 1 amide bonds. The predicted octanol–water partition coefficient (Wildman–Crippen LogP) is 1.32. The van der Waals surface area contributed by atoms with Gasteiger partial charge in [-0.15, -0.1) is 0 Å². The van der Waals surface area contributed by atoms with Crippen molar-refractivity contribution < 1.29 is 37.0 Å². The topological polar surface area (TPSA) is 89.6 Å². The number of halogens is 4. The average Bonchev–Trinajstić information content (AvgIpc) is 2.27. The van der Waals surface area contributed by atoms with E-state index in [4.69, 9.17) is 20.4 Å². The number of hydrogen-bond donors (Lipinski definition) is 2. The molecule has 0 unspecified atom stereocenters. The Hall–Kier alpha value is -2.32. The molecule has 0 aliphatic rings. The first-order chi connectivity index (χ1) is 8.64. The van der Waals surface area contributed by atoms with Gasteiger partial charge in [0.2, 0.25) is 0 Å². The van der Waals surface area contributed by atoms with Gasteiger partial charge in [0.25, 0.3) is 5.91 Å². The highest BCUT2D eigenvalue weighted by Gasteiger charge is 2.38. The average molecular weight is 283 g/mol. The number of carboxylic acids is 1.